The lowest BCUT2D eigenvalue weighted by atomic mass is 10.0. The molecule has 0 aliphatic heterocycles. The average Bonchev–Trinajstić information content (AvgIpc) is 2.35. The Hall–Kier alpha value is -1.48. The van der Waals surface area contributed by atoms with Gasteiger partial charge in [-0.1, -0.05) is 54.6 Å². The van der Waals surface area contributed by atoms with Crippen LogP contribution in [0, 0.1) is 6.92 Å². The highest BCUT2D eigenvalue weighted by Crippen LogP contribution is 2.18. The first-order valence-electron chi connectivity index (χ1n) is 5.99. The topological polar surface area (TPSA) is 20.3 Å². The summed E-state index contributed by atoms with van der Waals surface area (Å²) in [6.45, 7) is 2.79. The van der Waals surface area contributed by atoms with Crippen LogP contribution in [0.5, 0.6) is 0 Å². The molecule has 2 rings (SSSR count). The highest BCUT2D eigenvalue weighted by molar-refractivity contribution is 7.96. The fourth-order valence-corrected chi connectivity index (χ4v) is 2.06. The van der Waals surface area contributed by atoms with Gasteiger partial charge < -0.3 is 4.90 Å². The summed E-state index contributed by atoms with van der Waals surface area (Å²) in [5, 5.41) is 2.32. The molecule has 0 aromatic heterocycles. The van der Waals surface area contributed by atoms with Crippen LogP contribution in [0.3, 0.4) is 0 Å². The van der Waals surface area contributed by atoms with Gasteiger partial charge in [-0.05, 0) is 29.7 Å². The van der Waals surface area contributed by atoms with Crippen LogP contribution in [0.15, 0.2) is 36.4 Å². The first-order chi connectivity index (χ1) is 8.56. The Labute approximate surface area is 113 Å². The molecule has 0 bridgehead atoms. The van der Waals surface area contributed by atoms with E-state index < -0.39 is 0 Å². The van der Waals surface area contributed by atoms with Gasteiger partial charge in [0.2, 0.25) is 0 Å². The molecule has 0 unspecified atom stereocenters. The van der Waals surface area contributed by atoms with E-state index in [2.05, 4.69) is 56.0 Å². The fourth-order valence-electron chi connectivity index (χ4n) is 1.96. The van der Waals surface area contributed by atoms with Crippen molar-refractivity contribution in [1.82, 2.24) is 4.90 Å². The Balaban J connectivity index is 2.15. The normalized spacial score (nSPS) is 10.6. The third kappa shape index (κ3) is 3.05. The van der Waals surface area contributed by atoms with Crippen LogP contribution in [0.25, 0.3) is 10.8 Å². The molecule has 0 aliphatic rings. The molecule has 0 heterocycles. The zero-order chi connectivity index (χ0) is 13.1. The van der Waals surface area contributed by atoms with E-state index in [1.54, 1.807) is 11.9 Å². The molecule has 0 N–H and O–H groups in total. The molecule has 2 aromatic carbocycles. The molecular formula is C15H17NOS. The van der Waals surface area contributed by atoms with Gasteiger partial charge >= 0.3 is 0 Å². The third-order valence-electron chi connectivity index (χ3n) is 3.12. The zero-order valence-electron chi connectivity index (χ0n) is 10.7. The lowest BCUT2D eigenvalue weighted by Gasteiger charge is -2.13. The van der Waals surface area contributed by atoms with Gasteiger partial charge in [0.15, 0.2) is 0 Å². The molecule has 2 aromatic rings. The van der Waals surface area contributed by atoms with Crippen molar-refractivity contribution in [2.24, 2.45) is 0 Å². The summed E-state index contributed by atoms with van der Waals surface area (Å²) in [6.07, 6.45) is 0.854. The van der Waals surface area contributed by atoms with Gasteiger partial charge in [0, 0.05) is 13.6 Å². The van der Waals surface area contributed by atoms with Crippen LogP contribution in [-0.4, -0.2) is 23.7 Å². The van der Waals surface area contributed by atoms with Crippen molar-refractivity contribution in [3.8, 4) is 0 Å². The Morgan fingerprint density at radius 1 is 1.17 bits per heavy atom. The molecule has 0 spiro atoms. The van der Waals surface area contributed by atoms with Gasteiger partial charge in [-0.15, -0.1) is 0 Å². The Bertz CT molecular complexity index is 580. The van der Waals surface area contributed by atoms with E-state index >= 15 is 0 Å². The Morgan fingerprint density at radius 2 is 1.83 bits per heavy atom. The number of hydrogen-bond donors (Lipinski definition) is 1. The number of thiol groups is 1. The van der Waals surface area contributed by atoms with E-state index in [9.17, 15) is 4.79 Å². The van der Waals surface area contributed by atoms with Crippen molar-refractivity contribution in [2.45, 2.75) is 13.3 Å². The van der Waals surface area contributed by atoms with E-state index in [-0.39, 0.29) is 5.24 Å². The van der Waals surface area contributed by atoms with E-state index in [0.717, 1.165) is 6.42 Å². The molecule has 0 fully saturated rings. The average molecular weight is 259 g/mol. The molecule has 0 aliphatic carbocycles. The van der Waals surface area contributed by atoms with Gasteiger partial charge in [-0.25, -0.2) is 0 Å². The first kappa shape index (κ1) is 13.0. The van der Waals surface area contributed by atoms with Crippen LogP contribution < -0.4 is 0 Å². The minimum absolute atomic E-state index is 0.189. The molecule has 0 saturated heterocycles. The van der Waals surface area contributed by atoms with E-state index in [0.29, 0.717) is 6.54 Å². The number of carbonyl (C=O) groups excluding carboxylic acids is 1. The van der Waals surface area contributed by atoms with Gasteiger partial charge in [-0.2, -0.15) is 0 Å². The third-order valence-corrected chi connectivity index (χ3v) is 3.46. The quantitative estimate of drug-likeness (QED) is 0.834. The van der Waals surface area contributed by atoms with Crippen molar-refractivity contribution in [3.63, 3.8) is 0 Å². The molecule has 0 saturated carbocycles. The zero-order valence-corrected chi connectivity index (χ0v) is 11.6. The lowest BCUT2D eigenvalue weighted by Crippen LogP contribution is -2.23. The van der Waals surface area contributed by atoms with Crippen molar-refractivity contribution in [2.75, 3.05) is 13.6 Å². The Kier molecular flexibility index (Phi) is 3.92. The molecule has 2 nitrogen and oxygen atoms in total. The number of benzene rings is 2. The second-order valence-corrected chi connectivity index (χ2v) is 5.02. The molecule has 0 atom stereocenters. The second kappa shape index (κ2) is 5.44. The van der Waals surface area contributed by atoms with Crippen molar-refractivity contribution in [1.29, 1.82) is 0 Å². The smallest absolute Gasteiger partial charge is 0.278 e. The van der Waals surface area contributed by atoms with Crippen molar-refractivity contribution < 1.29 is 4.79 Å². The van der Waals surface area contributed by atoms with E-state index in [1.165, 1.54) is 21.9 Å². The summed E-state index contributed by atoms with van der Waals surface area (Å²) < 4.78 is 0. The van der Waals surface area contributed by atoms with E-state index in [1.807, 2.05) is 0 Å². The van der Waals surface area contributed by atoms with Gasteiger partial charge in [0.05, 0.1) is 0 Å². The maximum Gasteiger partial charge on any atom is 0.278 e. The summed E-state index contributed by atoms with van der Waals surface area (Å²) in [6, 6.07) is 12.9. The number of hydrogen-bond acceptors (Lipinski definition) is 1. The predicted molar refractivity (Wildman–Crippen MR) is 79.4 cm³/mol. The number of fused-ring (bicyclic) bond motifs is 1. The highest BCUT2D eigenvalue weighted by atomic mass is 32.1. The first-order valence-corrected chi connectivity index (χ1v) is 6.44. The number of carbonyl (C=O) groups is 1. The molecule has 94 valence electrons. The minimum Gasteiger partial charge on any atom is -0.337 e. The maximum absolute atomic E-state index is 11.0. The van der Waals surface area contributed by atoms with Crippen molar-refractivity contribution >= 4 is 28.6 Å². The predicted octanol–water partition coefficient (Wildman–Crippen LogP) is 3.67. The van der Waals surface area contributed by atoms with Crippen molar-refractivity contribution in [3.05, 3.63) is 47.5 Å². The SMILES string of the molecule is Cc1ccc2cc(CCN(C)C(=O)S)ccc2c1. The van der Waals surface area contributed by atoms with Gasteiger partial charge in [0.25, 0.3) is 5.24 Å². The van der Waals surface area contributed by atoms with Gasteiger partial charge in [-0.3, -0.25) is 4.79 Å². The number of rotatable bonds is 3. The molecular weight excluding hydrogens is 242 g/mol. The second-order valence-electron chi connectivity index (χ2n) is 4.64. The monoisotopic (exact) mass is 259 g/mol. The lowest BCUT2D eigenvalue weighted by molar-refractivity contribution is 0.234. The summed E-state index contributed by atoms with van der Waals surface area (Å²) >= 11 is 3.80. The molecule has 3 heteroatoms. The summed E-state index contributed by atoms with van der Waals surface area (Å²) in [5.74, 6) is 0. The fraction of sp³-hybridized carbons (Fsp3) is 0.267. The Morgan fingerprint density at radius 3 is 2.56 bits per heavy atom. The largest absolute Gasteiger partial charge is 0.337 e. The number of amides is 1. The standard InChI is InChI=1S/C15H17NOS/c1-11-3-5-14-10-12(4-6-13(14)9-11)7-8-16(2)15(17)18/h3-6,9-10H,7-8H2,1-2H3,(H,17,18). The number of likely N-dealkylation sites (N-methyl/N-ethyl adjacent to an activating group) is 1. The van der Waals surface area contributed by atoms with Gasteiger partial charge in [0.1, 0.15) is 0 Å². The van der Waals surface area contributed by atoms with Crippen LogP contribution in [0.1, 0.15) is 11.1 Å². The minimum atomic E-state index is -0.189. The number of aryl methyl sites for hydroxylation is 1. The maximum atomic E-state index is 11.0. The molecule has 1 amide bonds. The molecule has 18 heavy (non-hydrogen) atoms. The van der Waals surface area contributed by atoms with Crippen LogP contribution in [0.4, 0.5) is 4.79 Å². The van der Waals surface area contributed by atoms with E-state index in [4.69, 9.17) is 0 Å². The van der Waals surface area contributed by atoms with Crippen LogP contribution in [0.2, 0.25) is 0 Å². The summed E-state index contributed by atoms with van der Waals surface area (Å²) in [4.78, 5) is 12.6. The summed E-state index contributed by atoms with van der Waals surface area (Å²) in [7, 11) is 1.76. The summed E-state index contributed by atoms with van der Waals surface area (Å²) in [5.41, 5.74) is 2.52. The highest BCUT2D eigenvalue weighted by Gasteiger charge is 2.03. The van der Waals surface area contributed by atoms with Crippen LogP contribution in [-0.2, 0) is 6.42 Å². The molecule has 0 radical (unpaired) electrons. The number of nitrogens with zero attached hydrogens (tertiary/aromatic N) is 1. The van der Waals surface area contributed by atoms with Crippen LogP contribution >= 0.6 is 12.6 Å².